The van der Waals surface area contributed by atoms with E-state index in [9.17, 15) is 0 Å². The van der Waals surface area contributed by atoms with Gasteiger partial charge in [0.15, 0.2) is 5.82 Å². The number of methoxy groups -OCH3 is 2. The Labute approximate surface area is 276 Å². The summed E-state index contributed by atoms with van der Waals surface area (Å²) >= 11 is 0. The molecule has 2 saturated heterocycles. The molecule has 6 aromatic rings. The molecule has 6 heterocycles. The van der Waals surface area contributed by atoms with E-state index >= 15 is 4.39 Å². The van der Waals surface area contributed by atoms with E-state index in [-0.39, 0.29) is 17.9 Å². The van der Waals surface area contributed by atoms with Gasteiger partial charge < -0.3 is 34.8 Å². The molecule has 3 aromatic carbocycles. The minimum absolute atomic E-state index is 0.216. The molecule has 48 heavy (non-hydrogen) atoms. The van der Waals surface area contributed by atoms with Gasteiger partial charge in [-0.2, -0.15) is 0 Å². The van der Waals surface area contributed by atoms with Crippen LogP contribution in [-0.4, -0.2) is 51.8 Å². The maximum atomic E-state index is 16.9. The molecule has 10 nitrogen and oxygen atoms in total. The van der Waals surface area contributed by atoms with E-state index in [1.54, 1.807) is 14.2 Å². The molecular weight excluding hydrogens is 609 g/mol. The van der Waals surface area contributed by atoms with Crippen molar-refractivity contribution in [2.75, 3.05) is 27.3 Å². The van der Waals surface area contributed by atoms with E-state index in [1.807, 2.05) is 71.6 Å². The van der Waals surface area contributed by atoms with Crippen molar-refractivity contribution >= 4 is 10.9 Å². The highest BCUT2D eigenvalue weighted by Gasteiger charge is 2.34. The molecule has 0 amide bonds. The second kappa shape index (κ2) is 11.5. The standard InChI is InChI=1S/C37H36FN7O3/c1-46-23-13-22(14-24(17-23)47-2)37-45-31-10-8-20(29-18-41-35(43-29)27-5-3-11-39-27)15-26(31)33(38)34(45)25-9-7-21(16-32(25)48-37)30-19-42-36(44-30)28-6-4-12-40-28/h7-10,13-19,27-28,37,39-40H,3-6,11-12H2,1-2H3,(H,41,43)(H,42,44)/t27-,28?,37?/m0/s1. The number of benzene rings is 3. The Hall–Kier alpha value is -5.13. The summed E-state index contributed by atoms with van der Waals surface area (Å²) in [5.74, 6) is 3.33. The fourth-order valence-corrected chi connectivity index (χ4v) is 7.44. The molecule has 3 aliphatic rings. The molecule has 244 valence electrons. The van der Waals surface area contributed by atoms with Gasteiger partial charge in [0.25, 0.3) is 0 Å². The molecule has 2 fully saturated rings. The first-order valence-electron chi connectivity index (χ1n) is 16.5. The number of hydrogen-bond acceptors (Lipinski definition) is 7. The van der Waals surface area contributed by atoms with Gasteiger partial charge in [0.05, 0.1) is 61.3 Å². The Kier molecular flexibility index (Phi) is 6.98. The van der Waals surface area contributed by atoms with Gasteiger partial charge in [-0.15, -0.1) is 0 Å². The molecule has 11 heteroatoms. The predicted molar refractivity (Wildman–Crippen MR) is 181 cm³/mol. The van der Waals surface area contributed by atoms with Crippen molar-refractivity contribution in [3.05, 3.63) is 90.0 Å². The summed E-state index contributed by atoms with van der Waals surface area (Å²) in [5.41, 5.74) is 6.13. The zero-order valence-corrected chi connectivity index (χ0v) is 26.8. The summed E-state index contributed by atoms with van der Waals surface area (Å²) in [7, 11) is 3.23. The largest absolute Gasteiger partial charge is 0.497 e. The Morgan fingerprint density at radius 3 is 2.02 bits per heavy atom. The first-order valence-corrected chi connectivity index (χ1v) is 16.5. The number of fused-ring (bicyclic) bond motifs is 5. The molecule has 0 radical (unpaired) electrons. The van der Waals surface area contributed by atoms with Crippen LogP contribution in [0.3, 0.4) is 0 Å². The lowest BCUT2D eigenvalue weighted by molar-refractivity contribution is 0.171. The molecule has 0 aliphatic carbocycles. The summed E-state index contributed by atoms with van der Waals surface area (Å²) in [6.07, 6.45) is 7.34. The third kappa shape index (κ3) is 4.76. The molecule has 0 spiro atoms. The van der Waals surface area contributed by atoms with Gasteiger partial charge in [0.2, 0.25) is 6.23 Å². The minimum atomic E-state index is -0.697. The Morgan fingerprint density at radius 2 is 1.42 bits per heavy atom. The van der Waals surface area contributed by atoms with Crippen LogP contribution in [0.5, 0.6) is 17.2 Å². The predicted octanol–water partition coefficient (Wildman–Crippen LogP) is 7.03. The van der Waals surface area contributed by atoms with Crippen LogP contribution in [0, 0.1) is 5.82 Å². The van der Waals surface area contributed by atoms with E-state index < -0.39 is 6.23 Å². The molecule has 4 N–H and O–H groups in total. The first-order chi connectivity index (χ1) is 23.6. The minimum Gasteiger partial charge on any atom is -0.497 e. The van der Waals surface area contributed by atoms with Gasteiger partial charge >= 0.3 is 0 Å². The zero-order valence-electron chi connectivity index (χ0n) is 26.8. The lowest BCUT2D eigenvalue weighted by atomic mass is 10.0. The van der Waals surface area contributed by atoms with Gasteiger partial charge in [0.1, 0.15) is 28.9 Å². The first kappa shape index (κ1) is 29.0. The number of ether oxygens (including phenoxy) is 3. The Bertz CT molecular complexity index is 2130. The van der Waals surface area contributed by atoms with Crippen molar-refractivity contribution in [1.82, 2.24) is 35.1 Å². The molecule has 2 unspecified atom stereocenters. The molecule has 0 saturated carbocycles. The smallest absolute Gasteiger partial charge is 0.203 e. The van der Waals surface area contributed by atoms with E-state index in [4.69, 9.17) is 14.2 Å². The second-order valence-corrected chi connectivity index (χ2v) is 12.8. The van der Waals surface area contributed by atoms with E-state index in [0.717, 1.165) is 78.5 Å². The number of aromatic amines is 2. The highest BCUT2D eigenvalue weighted by Crippen LogP contribution is 2.48. The summed E-state index contributed by atoms with van der Waals surface area (Å²) in [4.78, 5) is 16.3. The van der Waals surface area contributed by atoms with Gasteiger partial charge in [-0.3, -0.25) is 4.57 Å². The van der Waals surface area contributed by atoms with Crippen LogP contribution < -0.4 is 24.8 Å². The average molecular weight is 646 g/mol. The maximum absolute atomic E-state index is 16.9. The number of imidazole rings is 2. The van der Waals surface area contributed by atoms with Gasteiger partial charge in [-0.25, -0.2) is 14.4 Å². The highest BCUT2D eigenvalue weighted by molar-refractivity contribution is 5.93. The number of hydrogen-bond donors (Lipinski definition) is 4. The summed E-state index contributed by atoms with van der Waals surface area (Å²) < 4.78 is 36.9. The van der Waals surface area contributed by atoms with Crippen molar-refractivity contribution in [2.24, 2.45) is 0 Å². The van der Waals surface area contributed by atoms with Gasteiger partial charge in [-0.05, 0) is 75.2 Å². The van der Waals surface area contributed by atoms with Gasteiger partial charge in [0, 0.05) is 33.7 Å². The fourth-order valence-electron chi connectivity index (χ4n) is 7.44. The normalized spacial score (nSPS) is 20.1. The van der Waals surface area contributed by atoms with Crippen LogP contribution in [0.4, 0.5) is 4.39 Å². The lowest BCUT2D eigenvalue weighted by Crippen LogP contribution is -2.22. The molecule has 3 aromatic heterocycles. The SMILES string of the molecule is COc1cc(OC)cc(C2Oc3cc(-c4cnc(C5CCCN5)[nH]4)ccc3-c3c(F)c4cc(-c5cnc([C@@H]6CCCN6)[nH]5)ccc4n32)c1. The number of aromatic nitrogens is 5. The third-order valence-corrected chi connectivity index (χ3v) is 9.90. The van der Waals surface area contributed by atoms with Crippen molar-refractivity contribution in [2.45, 2.75) is 44.0 Å². The van der Waals surface area contributed by atoms with Crippen molar-refractivity contribution in [1.29, 1.82) is 0 Å². The second-order valence-electron chi connectivity index (χ2n) is 12.8. The topological polar surface area (TPSA) is 114 Å². The van der Waals surface area contributed by atoms with Crippen LogP contribution in [0.15, 0.2) is 67.0 Å². The van der Waals surface area contributed by atoms with Crippen LogP contribution in [0.25, 0.3) is 44.7 Å². The molecule has 9 rings (SSSR count). The Morgan fingerprint density at radius 1 is 0.792 bits per heavy atom. The third-order valence-electron chi connectivity index (χ3n) is 9.90. The number of rotatable bonds is 7. The van der Waals surface area contributed by atoms with Crippen LogP contribution in [-0.2, 0) is 0 Å². The molecule has 0 bridgehead atoms. The van der Waals surface area contributed by atoms with Crippen molar-refractivity contribution in [3.8, 4) is 51.0 Å². The van der Waals surface area contributed by atoms with E-state index in [0.29, 0.717) is 39.4 Å². The zero-order chi connectivity index (χ0) is 32.4. The number of halogens is 1. The van der Waals surface area contributed by atoms with Crippen molar-refractivity contribution < 1.29 is 18.6 Å². The monoisotopic (exact) mass is 645 g/mol. The summed E-state index contributed by atoms with van der Waals surface area (Å²) in [6.45, 7) is 1.98. The molecule has 3 atom stereocenters. The lowest BCUT2D eigenvalue weighted by Gasteiger charge is -2.31. The summed E-state index contributed by atoms with van der Waals surface area (Å²) in [6, 6.07) is 17.8. The quantitative estimate of drug-likeness (QED) is 0.147. The molecule has 3 aliphatic heterocycles. The number of H-pyrrole nitrogens is 2. The average Bonchev–Trinajstić information content (AvgIpc) is 3.97. The fraction of sp³-hybridized carbons (Fsp3) is 0.297. The highest BCUT2D eigenvalue weighted by atomic mass is 19.1. The van der Waals surface area contributed by atoms with E-state index in [2.05, 4.69) is 30.6 Å². The van der Waals surface area contributed by atoms with E-state index in [1.165, 1.54) is 0 Å². The van der Waals surface area contributed by atoms with Crippen LogP contribution >= 0.6 is 0 Å². The van der Waals surface area contributed by atoms with Crippen molar-refractivity contribution in [3.63, 3.8) is 0 Å². The molecular formula is C37H36FN7O3. The van der Waals surface area contributed by atoms with Gasteiger partial charge in [-0.1, -0.05) is 12.1 Å². The Balaban J connectivity index is 1.18. The number of nitrogens with one attached hydrogen (secondary N) is 4. The number of nitrogens with zero attached hydrogens (tertiary/aromatic N) is 3. The van der Waals surface area contributed by atoms with Crippen LogP contribution in [0.2, 0.25) is 0 Å². The maximum Gasteiger partial charge on any atom is 0.203 e. The van der Waals surface area contributed by atoms with Crippen LogP contribution in [0.1, 0.15) is 61.2 Å². The summed E-state index contributed by atoms with van der Waals surface area (Å²) in [5, 5.41) is 7.48.